The molecule has 0 unspecified atom stereocenters. The molecule has 0 bridgehead atoms. The molecule has 0 aliphatic carbocycles. The Bertz CT molecular complexity index is 863. The third-order valence-corrected chi connectivity index (χ3v) is 4.08. The first-order valence-corrected chi connectivity index (χ1v) is 10.1. The fraction of sp³-hybridized carbons (Fsp3) is 0.348. The van der Waals surface area contributed by atoms with Gasteiger partial charge in [-0.25, -0.2) is 5.43 Å². The molecule has 0 aliphatic heterocycles. The molecule has 0 radical (unpaired) electrons. The molecular weight excluding hydrogens is 382 g/mol. The van der Waals surface area contributed by atoms with Gasteiger partial charge in [0.05, 0.1) is 19.4 Å². The van der Waals surface area contributed by atoms with Crippen molar-refractivity contribution < 1.29 is 19.1 Å². The van der Waals surface area contributed by atoms with Crippen LogP contribution < -0.4 is 20.2 Å². The number of ether oxygens (including phenoxy) is 2. The SMILES string of the molecule is CCCCOc1ccc(C=NNC(=O)CC(=O)Nc2ccc(C)cc2)cc1OCC. The predicted octanol–water partition coefficient (Wildman–Crippen LogP) is 4.05. The number of hydrazone groups is 1. The molecule has 0 fully saturated rings. The maximum Gasteiger partial charge on any atom is 0.249 e. The topological polar surface area (TPSA) is 89.0 Å². The zero-order chi connectivity index (χ0) is 21.8. The number of nitrogens with one attached hydrogen (secondary N) is 2. The van der Waals surface area contributed by atoms with Crippen LogP contribution in [0.3, 0.4) is 0 Å². The number of carbonyl (C=O) groups excluding carboxylic acids is 2. The van der Waals surface area contributed by atoms with Crippen molar-refractivity contribution in [1.29, 1.82) is 0 Å². The van der Waals surface area contributed by atoms with E-state index in [4.69, 9.17) is 9.47 Å². The second-order valence-electron chi connectivity index (χ2n) is 6.73. The standard InChI is InChI=1S/C23H29N3O4/c1-4-6-13-30-20-12-9-18(14-21(20)29-5-2)16-24-26-23(28)15-22(27)25-19-10-7-17(3)8-11-19/h7-12,14,16H,4-6,13,15H2,1-3H3,(H,25,27)(H,26,28). The quantitative estimate of drug-likeness (QED) is 0.253. The van der Waals surface area contributed by atoms with Gasteiger partial charge in [-0.15, -0.1) is 0 Å². The molecule has 0 atom stereocenters. The first kappa shape index (κ1) is 22.9. The average Bonchev–Trinajstić information content (AvgIpc) is 2.71. The number of unbranched alkanes of at least 4 members (excludes halogenated alkanes) is 1. The molecule has 0 aromatic heterocycles. The van der Waals surface area contributed by atoms with Crippen molar-refractivity contribution in [3.8, 4) is 11.5 Å². The molecule has 0 saturated heterocycles. The van der Waals surface area contributed by atoms with Crippen LogP contribution in [-0.4, -0.2) is 31.2 Å². The minimum absolute atomic E-state index is 0.320. The lowest BCUT2D eigenvalue weighted by Gasteiger charge is -2.12. The van der Waals surface area contributed by atoms with Gasteiger partial charge in [0.15, 0.2) is 11.5 Å². The summed E-state index contributed by atoms with van der Waals surface area (Å²) in [5.41, 5.74) is 4.84. The second-order valence-corrected chi connectivity index (χ2v) is 6.73. The number of rotatable bonds is 11. The van der Waals surface area contributed by atoms with Crippen LogP contribution in [0.1, 0.15) is 44.2 Å². The lowest BCUT2D eigenvalue weighted by Crippen LogP contribution is -2.24. The summed E-state index contributed by atoms with van der Waals surface area (Å²) in [5, 5.41) is 6.59. The van der Waals surface area contributed by atoms with E-state index < -0.39 is 11.8 Å². The molecule has 0 heterocycles. The summed E-state index contributed by atoms with van der Waals surface area (Å²) in [6.45, 7) is 7.11. The highest BCUT2D eigenvalue weighted by Gasteiger charge is 2.09. The van der Waals surface area contributed by atoms with Crippen molar-refractivity contribution in [2.24, 2.45) is 5.10 Å². The predicted molar refractivity (Wildman–Crippen MR) is 118 cm³/mol. The van der Waals surface area contributed by atoms with E-state index >= 15 is 0 Å². The summed E-state index contributed by atoms with van der Waals surface area (Å²) in [6.07, 6.45) is 3.20. The van der Waals surface area contributed by atoms with E-state index in [-0.39, 0.29) is 6.42 Å². The molecule has 2 aromatic carbocycles. The second kappa shape index (κ2) is 12.3. The Morgan fingerprint density at radius 1 is 1.00 bits per heavy atom. The lowest BCUT2D eigenvalue weighted by atomic mass is 10.2. The van der Waals surface area contributed by atoms with Gasteiger partial charge >= 0.3 is 0 Å². The van der Waals surface area contributed by atoms with Crippen LogP contribution in [0.25, 0.3) is 0 Å². The van der Waals surface area contributed by atoms with Crippen LogP contribution in [0.4, 0.5) is 5.69 Å². The van der Waals surface area contributed by atoms with Crippen molar-refractivity contribution in [2.45, 2.75) is 40.0 Å². The summed E-state index contributed by atoms with van der Waals surface area (Å²) in [6, 6.07) is 12.8. The van der Waals surface area contributed by atoms with E-state index in [0.717, 1.165) is 24.0 Å². The highest BCUT2D eigenvalue weighted by Crippen LogP contribution is 2.28. The zero-order valence-electron chi connectivity index (χ0n) is 17.7. The normalized spacial score (nSPS) is 10.6. The molecule has 2 rings (SSSR count). The fourth-order valence-corrected chi connectivity index (χ4v) is 2.53. The maximum atomic E-state index is 11.9. The number of nitrogens with zero attached hydrogens (tertiary/aromatic N) is 1. The first-order valence-electron chi connectivity index (χ1n) is 10.1. The molecule has 0 spiro atoms. The summed E-state index contributed by atoms with van der Waals surface area (Å²) < 4.78 is 11.4. The number of aryl methyl sites for hydroxylation is 1. The largest absolute Gasteiger partial charge is 0.490 e. The summed E-state index contributed by atoms with van der Waals surface area (Å²) in [4.78, 5) is 23.9. The molecule has 7 heteroatoms. The molecule has 30 heavy (non-hydrogen) atoms. The van der Waals surface area contributed by atoms with E-state index in [1.165, 1.54) is 6.21 Å². The Balaban J connectivity index is 1.87. The van der Waals surface area contributed by atoms with Gasteiger partial charge in [0, 0.05) is 5.69 Å². The van der Waals surface area contributed by atoms with Crippen LogP contribution in [0.2, 0.25) is 0 Å². The number of anilines is 1. The van der Waals surface area contributed by atoms with Gasteiger partial charge in [-0.1, -0.05) is 31.0 Å². The van der Waals surface area contributed by atoms with Crippen molar-refractivity contribution in [3.63, 3.8) is 0 Å². The Kier molecular flexibility index (Phi) is 9.37. The average molecular weight is 412 g/mol. The van der Waals surface area contributed by atoms with Gasteiger partial charge < -0.3 is 14.8 Å². The Hall–Kier alpha value is -3.35. The van der Waals surface area contributed by atoms with Crippen molar-refractivity contribution in [2.75, 3.05) is 18.5 Å². The Labute approximate surface area is 177 Å². The lowest BCUT2D eigenvalue weighted by molar-refractivity contribution is -0.126. The number of hydrogen-bond acceptors (Lipinski definition) is 5. The van der Waals surface area contributed by atoms with Crippen molar-refractivity contribution in [3.05, 3.63) is 53.6 Å². The van der Waals surface area contributed by atoms with Gasteiger partial charge in [0.2, 0.25) is 11.8 Å². The molecule has 2 amide bonds. The van der Waals surface area contributed by atoms with Crippen LogP contribution in [0, 0.1) is 6.92 Å². The van der Waals surface area contributed by atoms with Gasteiger partial charge in [-0.05, 0) is 56.2 Å². The number of amides is 2. The van der Waals surface area contributed by atoms with Crippen molar-refractivity contribution >= 4 is 23.7 Å². The molecule has 7 nitrogen and oxygen atoms in total. The van der Waals surface area contributed by atoms with Gasteiger partial charge in [-0.2, -0.15) is 5.10 Å². The van der Waals surface area contributed by atoms with E-state index in [2.05, 4.69) is 22.8 Å². The smallest absolute Gasteiger partial charge is 0.249 e. The summed E-state index contributed by atoms with van der Waals surface area (Å²) in [5.74, 6) is 0.403. The highest BCUT2D eigenvalue weighted by molar-refractivity contribution is 6.03. The number of hydrogen-bond donors (Lipinski definition) is 2. The minimum Gasteiger partial charge on any atom is -0.490 e. The molecular formula is C23H29N3O4. The molecule has 2 N–H and O–H groups in total. The molecule has 160 valence electrons. The van der Waals surface area contributed by atoms with E-state index in [1.807, 2.05) is 38.1 Å². The Morgan fingerprint density at radius 2 is 1.77 bits per heavy atom. The monoisotopic (exact) mass is 411 g/mol. The van der Waals surface area contributed by atoms with Gasteiger partial charge in [-0.3, -0.25) is 9.59 Å². The van der Waals surface area contributed by atoms with Crippen LogP contribution in [0.5, 0.6) is 11.5 Å². The van der Waals surface area contributed by atoms with Crippen LogP contribution >= 0.6 is 0 Å². The van der Waals surface area contributed by atoms with Gasteiger partial charge in [0.1, 0.15) is 6.42 Å². The fourth-order valence-electron chi connectivity index (χ4n) is 2.53. The van der Waals surface area contributed by atoms with Gasteiger partial charge in [0.25, 0.3) is 0 Å². The third-order valence-electron chi connectivity index (χ3n) is 4.08. The molecule has 0 saturated carbocycles. The minimum atomic E-state index is -0.500. The summed E-state index contributed by atoms with van der Waals surface area (Å²) in [7, 11) is 0. The van der Waals surface area contributed by atoms with E-state index in [0.29, 0.717) is 30.4 Å². The van der Waals surface area contributed by atoms with Crippen LogP contribution in [-0.2, 0) is 9.59 Å². The van der Waals surface area contributed by atoms with Crippen molar-refractivity contribution in [1.82, 2.24) is 5.43 Å². The van der Waals surface area contributed by atoms with E-state index in [1.54, 1.807) is 18.2 Å². The maximum absolute atomic E-state index is 11.9. The molecule has 0 aliphatic rings. The highest BCUT2D eigenvalue weighted by atomic mass is 16.5. The zero-order valence-corrected chi connectivity index (χ0v) is 17.7. The first-order chi connectivity index (χ1) is 14.5. The third kappa shape index (κ3) is 7.95. The molecule has 2 aromatic rings. The van der Waals surface area contributed by atoms with Crippen LogP contribution in [0.15, 0.2) is 47.6 Å². The number of benzene rings is 2. The Morgan fingerprint density at radius 3 is 2.47 bits per heavy atom. The summed E-state index contributed by atoms with van der Waals surface area (Å²) >= 11 is 0. The number of carbonyl (C=O) groups is 2. The van der Waals surface area contributed by atoms with E-state index in [9.17, 15) is 9.59 Å².